The molecule has 0 N–H and O–H groups in total. The minimum absolute atomic E-state index is 0.978. The zero-order valence-corrected chi connectivity index (χ0v) is 27.3. The Bertz CT molecular complexity index is 2920. The summed E-state index contributed by atoms with van der Waals surface area (Å²) >= 11 is 0. The average Bonchev–Trinajstić information content (AvgIpc) is 3.20. The molecule has 0 atom stereocenters. The highest BCUT2D eigenvalue weighted by Crippen LogP contribution is 2.42. The molecule has 0 amide bonds. The summed E-state index contributed by atoms with van der Waals surface area (Å²) in [5.74, 6) is 0. The van der Waals surface area contributed by atoms with Gasteiger partial charge in [-0.05, 0) is 101 Å². The number of fused-ring (bicyclic) bond motifs is 7. The second-order valence-electron chi connectivity index (χ2n) is 13.1. The molecule has 0 saturated heterocycles. The van der Waals surface area contributed by atoms with Crippen molar-refractivity contribution >= 4 is 54.0 Å². The molecule has 1 heteroatoms. The second-order valence-corrected chi connectivity index (χ2v) is 13.1. The lowest BCUT2D eigenvalue weighted by molar-refractivity contribution is 1.40. The van der Waals surface area contributed by atoms with Crippen LogP contribution in [0.3, 0.4) is 0 Å². The van der Waals surface area contributed by atoms with E-state index in [1.807, 2.05) is 0 Å². The molecule has 10 rings (SSSR count). The van der Waals surface area contributed by atoms with E-state index in [0.717, 1.165) is 16.8 Å². The SMILES string of the molecule is c1ccc(-c2cc(-c3cccc(-c4ccc(-c5cc6ccccc6c6ccccc56)c5ccccc45)c3)c3c(ccc4ccccc43)n2)cc1. The zero-order valence-electron chi connectivity index (χ0n) is 27.3. The number of benzene rings is 9. The molecule has 0 spiro atoms. The summed E-state index contributed by atoms with van der Waals surface area (Å²) in [4.78, 5) is 5.18. The van der Waals surface area contributed by atoms with Gasteiger partial charge in [0.05, 0.1) is 11.2 Å². The van der Waals surface area contributed by atoms with Crippen LogP contribution in [0.1, 0.15) is 0 Å². The molecule has 0 bridgehead atoms. The zero-order chi connectivity index (χ0) is 33.0. The fraction of sp³-hybridized carbons (Fsp3) is 0. The Labute approximate surface area is 290 Å². The monoisotopic (exact) mass is 633 g/mol. The van der Waals surface area contributed by atoms with Crippen LogP contribution in [-0.2, 0) is 0 Å². The predicted octanol–water partition coefficient (Wildman–Crippen LogP) is 13.5. The lowest BCUT2D eigenvalue weighted by atomic mass is 9.87. The van der Waals surface area contributed by atoms with Crippen molar-refractivity contribution in [3.63, 3.8) is 0 Å². The van der Waals surface area contributed by atoms with Crippen molar-refractivity contribution in [3.8, 4) is 44.6 Å². The maximum atomic E-state index is 5.18. The molecular formula is C49H31N. The van der Waals surface area contributed by atoms with E-state index in [9.17, 15) is 0 Å². The first kappa shape index (κ1) is 28.4. The van der Waals surface area contributed by atoms with Crippen LogP contribution in [0, 0.1) is 0 Å². The summed E-state index contributed by atoms with van der Waals surface area (Å²) in [5, 5.41) is 11.2. The van der Waals surface area contributed by atoms with Gasteiger partial charge in [0.1, 0.15) is 0 Å². The van der Waals surface area contributed by atoms with E-state index in [1.54, 1.807) is 0 Å². The number of aromatic nitrogens is 1. The molecule has 0 fully saturated rings. The fourth-order valence-corrected chi connectivity index (χ4v) is 7.91. The molecule has 0 aliphatic rings. The van der Waals surface area contributed by atoms with E-state index in [0.29, 0.717) is 0 Å². The Morgan fingerprint density at radius 3 is 1.62 bits per heavy atom. The Morgan fingerprint density at radius 1 is 0.280 bits per heavy atom. The topological polar surface area (TPSA) is 12.9 Å². The van der Waals surface area contributed by atoms with E-state index in [1.165, 1.54) is 81.9 Å². The van der Waals surface area contributed by atoms with Crippen LogP contribution in [-0.4, -0.2) is 4.98 Å². The standard InChI is InChI=1S/C49H31N/c1-2-14-33(15-3-1)48-31-45(49-39-20-7-4-13-32(39)25-28-47(49)50-48)35-18-12-17-34(29-35)38-26-27-44(42-23-10-8-22-41(38)42)46-30-36-16-5-6-19-37(36)40-21-9-11-24-43(40)46/h1-31H. The smallest absolute Gasteiger partial charge is 0.0722 e. The van der Waals surface area contributed by atoms with E-state index in [-0.39, 0.29) is 0 Å². The van der Waals surface area contributed by atoms with Gasteiger partial charge in [0.2, 0.25) is 0 Å². The second kappa shape index (κ2) is 11.5. The Kier molecular flexibility index (Phi) is 6.57. The van der Waals surface area contributed by atoms with Gasteiger partial charge in [-0.15, -0.1) is 0 Å². The minimum atomic E-state index is 0.978. The highest BCUT2D eigenvalue weighted by molar-refractivity contribution is 6.18. The Balaban J connectivity index is 1.19. The summed E-state index contributed by atoms with van der Waals surface area (Å²) in [6.45, 7) is 0. The van der Waals surface area contributed by atoms with Crippen LogP contribution in [0.4, 0.5) is 0 Å². The van der Waals surface area contributed by atoms with Crippen molar-refractivity contribution in [2.45, 2.75) is 0 Å². The van der Waals surface area contributed by atoms with Gasteiger partial charge in [0.25, 0.3) is 0 Å². The lowest BCUT2D eigenvalue weighted by Crippen LogP contribution is -1.92. The first-order valence-electron chi connectivity index (χ1n) is 17.2. The van der Waals surface area contributed by atoms with E-state index in [2.05, 4.69) is 188 Å². The summed E-state index contributed by atoms with van der Waals surface area (Å²) in [7, 11) is 0. The van der Waals surface area contributed by atoms with E-state index >= 15 is 0 Å². The van der Waals surface area contributed by atoms with E-state index in [4.69, 9.17) is 4.98 Å². The molecule has 0 aliphatic carbocycles. The summed E-state index contributed by atoms with van der Waals surface area (Å²) in [5.41, 5.74) is 10.4. The van der Waals surface area contributed by atoms with Gasteiger partial charge in [0.15, 0.2) is 0 Å². The molecule has 0 radical (unpaired) electrons. The molecule has 0 aliphatic heterocycles. The van der Waals surface area contributed by atoms with Gasteiger partial charge in [0, 0.05) is 10.9 Å². The van der Waals surface area contributed by atoms with Gasteiger partial charge < -0.3 is 0 Å². The van der Waals surface area contributed by atoms with Gasteiger partial charge in [-0.3, -0.25) is 0 Å². The summed E-state index contributed by atoms with van der Waals surface area (Å²) in [6.07, 6.45) is 0. The molecule has 0 unspecified atom stereocenters. The van der Waals surface area contributed by atoms with Crippen LogP contribution < -0.4 is 0 Å². The average molecular weight is 634 g/mol. The normalized spacial score (nSPS) is 11.6. The molecule has 50 heavy (non-hydrogen) atoms. The maximum absolute atomic E-state index is 5.18. The van der Waals surface area contributed by atoms with Gasteiger partial charge in [-0.25, -0.2) is 4.98 Å². The minimum Gasteiger partial charge on any atom is -0.248 e. The largest absolute Gasteiger partial charge is 0.248 e. The molecule has 0 saturated carbocycles. The molecular weight excluding hydrogens is 603 g/mol. The van der Waals surface area contributed by atoms with Crippen LogP contribution in [0.5, 0.6) is 0 Å². The van der Waals surface area contributed by atoms with Crippen molar-refractivity contribution in [1.82, 2.24) is 4.98 Å². The first-order chi connectivity index (χ1) is 24.8. The number of nitrogens with zero attached hydrogens (tertiary/aromatic N) is 1. The molecule has 9 aromatic carbocycles. The van der Waals surface area contributed by atoms with E-state index < -0.39 is 0 Å². The summed E-state index contributed by atoms with van der Waals surface area (Å²) in [6, 6.07) is 68.2. The predicted molar refractivity (Wildman–Crippen MR) is 214 cm³/mol. The molecule has 1 nitrogen and oxygen atoms in total. The Morgan fingerprint density at radius 2 is 0.840 bits per heavy atom. The summed E-state index contributed by atoms with van der Waals surface area (Å²) < 4.78 is 0. The van der Waals surface area contributed by atoms with Crippen molar-refractivity contribution in [2.24, 2.45) is 0 Å². The van der Waals surface area contributed by atoms with Crippen molar-refractivity contribution in [1.29, 1.82) is 0 Å². The molecule has 232 valence electrons. The quantitative estimate of drug-likeness (QED) is 0.176. The number of hydrogen-bond acceptors (Lipinski definition) is 1. The number of rotatable bonds is 4. The Hall–Kier alpha value is -6.57. The van der Waals surface area contributed by atoms with Crippen LogP contribution in [0.15, 0.2) is 188 Å². The molecule has 10 aromatic rings. The van der Waals surface area contributed by atoms with Crippen LogP contribution >= 0.6 is 0 Å². The third-order valence-corrected chi connectivity index (χ3v) is 10.2. The van der Waals surface area contributed by atoms with Crippen molar-refractivity contribution in [3.05, 3.63) is 188 Å². The maximum Gasteiger partial charge on any atom is 0.0722 e. The number of pyridine rings is 1. The third-order valence-electron chi connectivity index (χ3n) is 10.2. The van der Waals surface area contributed by atoms with Crippen LogP contribution in [0.2, 0.25) is 0 Å². The fourth-order valence-electron chi connectivity index (χ4n) is 7.91. The lowest BCUT2D eigenvalue weighted by Gasteiger charge is -2.16. The molecule has 1 aromatic heterocycles. The van der Waals surface area contributed by atoms with Gasteiger partial charge >= 0.3 is 0 Å². The third kappa shape index (κ3) is 4.59. The highest BCUT2D eigenvalue weighted by Gasteiger charge is 2.16. The van der Waals surface area contributed by atoms with Crippen molar-refractivity contribution < 1.29 is 0 Å². The van der Waals surface area contributed by atoms with Gasteiger partial charge in [-0.1, -0.05) is 164 Å². The van der Waals surface area contributed by atoms with Crippen molar-refractivity contribution in [2.75, 3.05) is 0 Å². The van der Waals surface area contributed by atoms with Gasteiger partial charge in [-0.2, -0.15) is 0 Å². The highest BCUT2D eigenvalue weighted by atomic mass is 14.7. The molecule has 1 heterocycles. The number of hydrogen-bond donors (Lipinski definition) is 0. The first-order valence-corrected chi connectivity index (χ1v) is 17.2. The van der Waals surface area contributed by atoms with Crippen LogP contribution in [0.25, 0.3) is 98.6 Å².